The lowest BCUT2D eigenvalue weighted by Crippen LogP contribution is -2.47. The number of phosphoric acid groups is 1. The highest BCUT2D eigenvalue weighted by molar-refractivity contribution is 7.45. The lowest BCUT2D eigenvalue weighted by molar-refractivity contribution is -0.870. The smallest absolute Gasteiger partial charge is 0.306 e. The van der Waals surface area contributed by atoms with Gasteiger partial charge in [0.05, 0.1) is 33.8 Å². The molecule has 1 N–H and O–H groups in total. The van der Waals surface area contributed by atoms with E-state index in [1.54, 1.807) is 6.08 Å². The highest BCUT2D eigenvalue weighted by atomic mass is 31.2. The van der Waals surface area contributed by atoms with Gasteiger partial charge in [-0.25, -0.2) is 0 Å². The van der Waals surface area contributed by atoms with E-state index in [0.29, 0.717) is 23.9 Å². The van der Waals surface area contributed by atoms with Gasteiger partial charge in [-0.15, -0.1) is 0 Å². The van der Waals surface area contributed by atoms with E-state index in [2.05, 4.69) is 105 Å². The van der Waals surface area contributed by atoms with Gasteiger partial charge >= 0.3 is 5.97 Å². The fourth-order valence-corrected chi connectivity index (χ4v) is 7.80. The number of esters is 1. The summed E-state index contributed by atoms with van der Waals surface area (Å²) in [7, 11) is 1.11. The number of ether oxygens (including phenoxy) is 1. The molecule has 0 aliphatic rings. The first-order valence-corrected chi connectivity index (χ1v) is 28.5. The van der Waals surface area contributed by atoms with E-state index < -0.39 is 32.5 Å². The summed E-state index contributed by atoms with van der Waals surface area (Å²) in [6, 6.07) is -0.945. The molecule has 0 aliphatic carbocycles. The second kappa shape index (κ2) is 47.6. The van der Waals surface area contributed by atoms with Crippen molar-refractivity contribution in [3.8, 4) is 0 Å². The fraction of sp³-hybridized carbons (Fsp3) is 0.690. The Balaban J connectivity index is 5.58. The molecule has 0 rings (SSSR count). The van der Waals surface area contributed by atoms with Crippen molar-refractivity contribution < 1.29 is 37.3 Å². The van der Waals surface area contributed by atoms with Gasteiger partial charge in [0.1, 0.15) is 19.3 Å². The van der Waals surface area contributed by atoms with E-state index in [1.165, 1.54) is 89.9 Å². The predicted molar refractivity (Wildman–Crippen MR) is 288 cm³/mol. The molecule has 0 radical (unpaired) electrons. The van der Waals surface area contributed by atoms with E-state index in [1.807, 2.05) is 33.3 Å². The largest absolute Gasteiger partial charge is 0.756 e. The Morgan fingerprint density at radius 2 is 0.956 bits per heavy atom. The molecule has 3 atom stereocenters. The number of nitrogens with zero attached hydrogens (tertiary/aromatic N) is 1. The molecule has 0 fully saturated rings. The molecule has 0 saturated heterocycles. The maximum absolute atomic E-state index is 13.4. The SMILES string of the molecule is CC/C=C\C/C=C\C/C=C\C/C=C\C/C=C\CCCC(=O)OC(/C=C/CCCCCCCCCCCC)C(COP(=O)([O-])OCC[N+](C)(C)C)NC(=O)CC/C=C/C/C=C\CCCCCCCC. The third kappa shape index (κ3) is 48.0. The maximum Gasteiger partial charge on any atom is 0.306 e. The van der Waals surface area contributed by atoms with Gasteiger partial charge in [-0.2, -0.15) is 0 Å². The summed E-state index contributed by atoms with van der Waals surface area (Å²) in [5.41, 5.74) is 0. The summed E-state index contributed by atoms with van der Waals surface area (Å²) < 4.78 is 30.0. The quantitative estimate of drug-likeness (QED) is 0.0212. The summed E-state index contributed by atoms with van der Waals surface area (Å²) in [4.78, 5) is 39.7. The summed E-state index contributed by atoms with van der Waals surface area (Å²) in [6.45, 7) is 6.60. The summed E-state index contributed by atoms with van der Waals surface area (Å²) in [6.07, 6.45) is 62.6. The van der Waals surface area contributed by atoms with Crippen molar-refractivity contribution in [1.82, 2.24) is 5.32 Å². The summed E-state index contributed by atoms with van der Waals surface area (Å²) in [5, 5.41) is 2.95. The zero-order chi connectivity index (χ0) is 50.1. The Kier molecular flexibility index (Phi) is 45.5. The molecule has 0 aromatic rings. The standard InChI is InChI=1S/C58H101N2O7P/c1-7-10-13-16-19-22-25-28-29-30-31-33-36-39-42-45-48-51-58(62)67-56(49-46-43-40-37-34-27-24-21-18-15-12-9-3)55(54-66-68(63,64)65-53-52-60(4,5)6)59-57(61)50-47-44-41-38-35-32-26-23-20-17-14-11-8-2/h10,13,19,22,28-29,31-33,35,39,41-42,44,46,49,55-56H,7-9,11-12,14-18,20-21,23-27,30,34,36-38,40,43,45,47-48,50-54H2,1-6H3,(H-,59,61,63,64)/b13-10-,22-19-,29-28-,33-31-,35-32-,42-39-,44-41+,49-46+. The minimum atomic E-state index is -4.72. The molecule has 68 heavy (non-hydrogen) atoms. The Hall–Kier alpha value is -3.07. The second-order valence-electron chi connectivity index (χ2n) is 19.0. The van der Waals surface area contributed by atoms with Gasteiger partial charge in [-0.1, -0.05) is 202 Å². The van der Waals surface area contributed by atoms with Gasteiger partial charge in [0.15, 0.2) is 0 Å². The number of nitrogens with one attached hydrogen (secondary N) is 1. The average molecular weight is 969 g/mol. The molecule has 0 bridgehead atoms. The number of unbranched alkanes of at least 4 members (excludes halogenated alkanes) is 17. The number of amides is 1. The number of allylic oxidation sites excluding steroid dienone is 15. The van der Waals surface area contributed by atoms with Crippen molar-refractivity contribution >= 4 is 19.7 Å². The van der Waals surface area contributed by atoms with E-state index in [9.17, 15) is 19.0 Å². The molecule has 0 aromatic heterocycles. The molecule has 3 unspecified atom stereocenters. The predicted octanol–water partition coefficient (Wildman–Crippen LogP) is 15.4. The molecule has 0 saturated carbocycles. The Bertz CT molecular complexity index is 1490. The number of likely N-dealkylation sites (N-methyl/N-ethyl adjacent to an activating group) is 1. The maximum atomic E-state index is 13.4. The topological polar surface area (TPSA) is 114 Å². The number of hydrogen-bond donors (Lipinski definition) is 1. The molecule has 390 valence electrons. The lowest BCUT2D eigenvalue weighted by atomic mass is 10.1. The van der Waals surface area contributed by atoms with Crippen LogP contribution in [0.4, 0.5) is 0 Å². The van der Waals surface area contributed by atoms with Crippen LogP contribution in [0.1, 0.15) is 207 Å². The number of rotatable bonds is 47. The Labute approximate surface area is 418 Å². The number of hydrogen-bond acceptors (Lipinski definition) is 7. The van der Waals surface area contributed by atoms with Crippen LogP contribution in [0.5, 0.6) is 0 Å². The molecular weight excluding hydrogens is 868 g/mol. The highest BCUT2D eigenvalue weighted by Crippen LogP contribution is 2.38. The van der Waals surface area contributed by atoms with Crippen LogP contribution >= 0.6 is 7.82 Å². The first kappa shape index (κ1) is 64.9. The van der Waals surface area contributed by atoms with Crippen molar-refractivity contribution in [1.29, 1.82) is 0 Å². The Morgan fingerprint density at radius 1 is 0.529 bits per heavy atom. The molecule has 0 heterocycles. The molecule has 9 nitrogen and oxygen atoms in total. The zero-order valence-electron chi connectivity index (χ0n) is 44.3. The first-order valence-electron chi connectivity index (χ1n) is 27.0. The van der Waals surface area contributed by atoms with Gasteiger partial charge in [-0.3, -0.25) is 14.2 Å². The normalized spacial score (nSPS) is 14.6. The minimum Gasteiger partial charge on any atom is -0.756 e. The molecule has 10 heteroatoms. The summed E-state index contributed by atoms with van der Waals surface area (Å²) in [5.74, 6) is -0.696. The minimum absolute atomic E-state index is 0.0447. The highest BCUT2D eigenvalue weighted by Gasteiger charge is 2.27. The molecule has 1 amide bonds. The van der Waals surface area contributed by atoms with Gasteiger partial charge in [0, 0.05) is 12.8 Å². The number of quaternary nitrogens is 1. The van der Waals surface area contributed by atoms with Crippen LogP contribution in [0.15, 0.2) is 97.2 Å². The molecule has 0 spiro atoms. The van der Waals surface area contributed by atoms with E-state index in [0.717, 1.165) is 70.6 Å². The van der Waals surface area contributed by atoms with Crippen LogP contribution in [0.2, 0.25) is 0 Å². The first-order chi connectivity index (χ1) is 32.9. The number of phosphoric ester groups is 1. The monoisotopic (exact) mass is 969 g/mol. The van der Waals surface area contributed by atoms with Crippen LogP contribution in [0.3, 0.4) is 0 Å². The zero-order valence-corrected chi connectivity index (χ0v) is 45.2. The molecular formula is C58H101N2O7P. The van der Waals surface area contributed by atoms with Gasteiger partial charge < -0.3 is 28.5 Å². The van der Waals surface area contributed by atoms with Crippen LogP contribution in [-0.4, -0.2) is 69.4 Å². The van der Waals surface area contributed by atoms with E-state index in [-0.39, 0.29) is 25.4 Å². The third-order valence-electron chi connectivity index (χ3n) is 11.3. The van der Waals surface area contributed by atoms with Crippen molar-refractivity contribution in [3.05, 3.63) is 97.2 Å². The van der Waals surface area contributed by atoms with Gasteiger partial charge in [0.2, 0.25) is 5.91 Å². The van der Waals surface area contributed by atoms with E-state index in [4.69, 9.17) is 13.8 Å². The van der Waals surface area contributed by atoms with Crippen molar-refractivity contribution in [2.45, 2.75) is 219 Å². The number of carbonyl (C=O) groups excluding carboxylic acids is 2. The molecule has 0 aromatic carbocycles. The third-order valence-corrected chi connectivity index (χ3v) is 12.2. The van der Waals surface area contributed by atoms with Crippen LogP contribution in [-0.2, 0) is 27.9 Å². The van der Waals surface area contributed by atoms with Crippen molar-refractivity contribution in [2.24, 2.45) is 0 Å². The van der Waals surface area contributed by atoms with Crippen molar-refractivity contribution in [3.63, 3.8) is 0 Å². The lowest BCUT2D eigenvalue weighted by Gasteiger charge is -2.30. The summed E-state index contributed by atoms with van der Waals surface area (Å²) >= 11 is 0. The van der Waals surface area contributed by atoms with Crippen LogP contribution < -0.4 is 10.2 Å². The van der Waals surface area contributed by atoms with Crippen LogP contribution in [0, 0.1) is 0 Å². The number of carbonyl (C=O) groups is 2. The van der Waals surface area contributed by atoms with Crippen LogP contribution in [0.25, 0.3) is 0 Å². The Morgan fingerprint density at radius 3 is 1.44 bits per heavy atom. The van der Waals surface area contributed by atoms with Gasteiger partial charge in [0.25, 0.3) is 7.82 Å². The average Bonchev–Trinajstić information content (AvgIpc) is 3.29. The molecule has 0 aliphatic heterocycles. The van der Waals surface area contributed by atoms with Gasteiger partial charge in [-0.05, 0) is 89.5 Å². The van der Waals surface area contributed by atoms with Crippen molar-refractivity contribution in [2.75, 3.05) is 40.9 Å². The fourth-order valence-electron chi connectivity index (χ4n) is 7.08. The second-order valence-corrected chi connectivity index (χ2v) is 20.4. The van der Waals surface area contributed by atoms with E-state index >= 15 is 0 Å².